The monoisotopic (exact) mass is 521 g/mol. The summed E-state index contributed by atoms with van der Waals surface area (Å²) in [6, 6.07) is 14.4. The third kappa shape index (κ3) is 4.95. The van der Waals surface area contributed by atoms with Crippen LogP contribution in [0.1, 0.15) is 6.42 Å². The Bertz CT molecular complexity index is 1470. The zero-order valence-electron chi connectivity index (χ0n) is 19.4. The van der Waals surface area contributed by atoms with Crippen molar-refractivity contribution in [3.63, 3.8) is 0 Å². The number of carbonyl (C=O) groups is 3. The smallest absolute Gasteiger partial charge is 0.328 e. The summed E-state index contributed by atoms with van der Waals surface area (Å²) in [5.74, 6) is 0.215. The minimum Gasteiger partial charge on any atom is -0.467 e. The molecular weight excluding hydrogens is 502 g/mol. The molecule has 1 saturated heterocycles. The van der Waals surface area contributed by atoms with Crippen LogP contribution < -0.4 is 20.1 Å². The maximum atomic E-state index is 12.6. The van der Waals surface area contributed by atoms with Crippen LogP contribution in [-0.2, 0) is 14.3 Å². The lowest BCUT2D eigenvalue weighted by atomic mass is 9.95. The predicted molar refractivity (Wildman–Crippen MR) is 132 cm³/mol. The molecule has 1 aliphatic heterocycles. The van der Waals surface area contributed by atoms with Crippen LogP contribution in [0.4, 0.5) is 4.79 Å². The fraction of sp³-hybridized carbons (Fsp3) is 0.160. The van der Waals surface area contributed by atoms with E-state index in [4.69, 9.17) is 25.8 Å². The van der Waals surface area contributed by atoms with Gasteiger partial charge in [-0.2, -0.15) is 5.10 Å². The first-order valence-electron chi connectivity index (χ1n) is 11.1. The van der Waals surface area contributed by atoms with E-state index >= 15 is 0 Å². The number of ether oxygens (including phenoxy) is 3. The van der Waals surface area contributed by atoms with Gasteiger partial charge in [0.25, 0.3) is 17.4 Å². The second-order valence-electron chi connectivity index (χ2n) is 8.11. The molecule has 0 atom stereocenters. The number of aromatic nitrogens is 3. The number of rotatable bonds is 8. The van der Waals surface area contributed by atoms with Gasteiger partial charge in [-0.1, -0.05) is 11.6 Å². The van der Waals surface area contributed by atoms with Crippen molar-refractivity contribution in [1.82, 2.24) is 25.4 Å². The van der Waals surface area contributed by atoms with Gasteiger partial charge >= 0.3 is 6.03 Å². The van der Waals surface area contributed by atoms with Gasteiger partial charge in [0, 0.05) is 31.3 Å². The Labute approximate surface area is 215 Å². The zero-order valence-corrected chi connectivity index (χ0v) is 20.2. The maximum absolute atomic E-state index is 12.6. The number of barbiturate groups is 1. The number of methoxy groups -OCH3 is 1. The van der Waals surface area contributed by atoms with Crippen LogP contribution in [0, 0.1) is 0 Å². The average Bonchev–Trinajstić information content (AvgIpc) is 3.30. The van der Waals surface area contributed by atoms with Crippen LogP contribution in [-0.4, -0.2) is 51.9 Å². The number of nitrogens with zero attached hydrogens (tertiary/aromatic N) is 3. The molecule has 2 aromatic heterocycles. The summed E-state index contributed by atoms with van der Waals surface area (Å²) in [5.41, 5.74) is -1.19. The first kappa shape index (κ1) is 24.2. The highest BCUT2D eigenvalue weighted by molar-refractivity contribution is 6.30. The SMILES string of the molecule is COCCC1(Oc2ccc(Oc3ccc4nn(-c5ccc(Cl)cn5)cc4c3)cc2)C(=O)NC(=O)NC1=O. The largest absolute Gasteiger partial charge is 0.467 e. The van der Waals surface area contributed by atoms with Crippen molar-refractivity contribution in [3.05, 3.63) is 72.0 Å². The van der Waals surface area contributed by atoms with Crippen LogP contribution >= 0.6 is 11.6 Å². The molecule has 4 aromatic rings. The topological polar surface area (TPSA) is 134 Å². The van der Waals surface area contributed by atoms with Gasteiger partial charge in [-0.15, -0.1) is 0 Å². The van der Waals surface area contributed by atoms with Gasteiger partial charge in [0.1, 0.15) is 17.2 Å². The fourth-order valence-electron chi connectivity index (χ4n) is 3.76. The molecule has 4 amide bonds. The van der Waals surface area contributed by atoms with Crippen molar-refractivity contribution in [2.24, 2.45) is 0 Å². The van der Waals surface area contributed by atoms with Crippen LogP contribution in [0.5, 0.6) is 17.2 Å². The Morgan fingerprint density at radius 2 is 1.65 bits per heavy atom. The Balaban J connectivity index is 1.32. The lowest BCUT2D eigenvalue weighted by molar-refractivity contribution is -0.153. The molecular formula is C25H20ClN5O6. The number of nitrogens with one attached hydrogen (secondary N) is 2. The normalized spacial score (nSPS) is 14.8. The number of halogens is 1. The van der Waals surface area contributed by atoms with Gasteiger partial charge in [0.15, 0.2) is 5.82 Å². The molecule has 0 saturated carbocycles. The Hall–Kier alpha value is -4.48. The summed E-state index contributed by atoms with van der Waals surface area (Å²) in [6.45, 7) is 0.0589. The second kappa shape index (κ2) is 9.88. The van der Waals surface area contributed by atoms with Crippen molar-refractivity contribution < 1.29 is 28.6 Å². The number of carbonyl (C=O) groups excluding carboxylic acids is 3. The predicted octanol–water partition coefficient (Wildman–Crippen LogP) is 3.39. The third-order valence-corrected chi connectivity index (χ3v) is 5.84. The molecule has 37 heavy (non-hydrogen) atoms. The Morgan fingerprint density at radius 1 is 0.946 bits per heavy atom. The molecule has 12 heteroatoms. The molecule has 0 bridgehead atoms. The highest BCUT2D eigenvalue weighted by Crippen LogP contribution is 2.30. The summed E-state index contributed by atoms with van der Waals surface area (Å²) >= 11 is 5.91. The molecule has 2 N–H and O–H groups in total. The van der Waals surface area contributed by atoms with E-state index in [2.05, 4.69) is 20.7 Å². The van der Waals surface area contributed by atoms with Gasteiger partial charge < -0.3 is 14.2 Å². The van der Waals surface area contributed by atoms with Crippen molar-refractivity contribution in [2.75, 3.05) is 13.7 Å². The maximum Gasteiger partial charge on any atom is 0.328 e. The quantitative estimate of drug-likeness (QED) is 0.337. The van der Waals surface area contributed by atoms with Crippen LogP contribution in [0.15, 0.2) is 67.0 Å². The van der Waals surface area contributed by atoms with Gasteiger partial charge in [-0.25, -0.2) is 14.5 Å². The highest BCUT2D eigenvalue weighted by atomic mass is 35.5. The molecule has 1 fully saturated rings. The molecule has 0 unspecified atom stereocenters. The van der Waals surface area contributed by atoms with Crippen LogP contribution in [0.25, 0.3) is 16.7 Å². The zero-order chi connectivity index (χ0) is 26.0. The van der Waals surface area contributed by atoms with Crippen LogP contribution in [0.3, 0.4) is 0 Å². The number of pyridine rings is 1. The Morgan fingerprint density at radius 3 is 2.32 bits per heavy atom. The molecule has 188 valence electrons. The Kier molecular flexibility index (Phi) is 6.47. The summed E-state index contributed by atoms with van der Waals surface area (Å²) in [4.78, 5) is 40.9. The van der Waals surface area contributed by atoms with Gasteiger partial charge in [-0.3, -0.25) is 20.2 Å². The third-order valence-electron chi connectivity index (χ3n) is 5.62. The first-order valence-corrected chi connectivity index (χ1v) is 11.5. The number of amides is 4. The minimum absolute atomic E-state index is 0.0589. The van der Waals surface area contributed by atoms with Gasteiger partial charge in [0.2, 0.25) is 0 Å². The highest BCUT2D eigenvalue weighted by Gasteiger charge is 2.52. The van der Waals surface area contributed by atoms with E-state index in [1.54, 1.807) is 53.3 Å². The van der Waals surface area contributed by atoms with E-state index in [0.717, 1.165) is 10.9 Å². The molecule has 3 heterocycles. The van der Waals surface area contributed by atoms with Gasteiger partial charge in [-0.05, 0) is 54.6 Å². The number of imide groups is 2. The van der Waals surface area contributed by atoms with Crippen molar-refractivity contribution >= 4 is 40.3 Å². The molecule has 0 aliphatic carbocycles. The van der Waals surface area contributed by atoms with Gasteiger partial charge in [0.05, 0.1) is 17.1 Å². The second-order valence-corrected chi connectivity index (χ2v) is 8.55. The fourth-order valence-corrected chi connectivity index (χ4v) is 3.87. The number of urea groups is 1. The van der Waals surface area contributed by atoms with E-state index in [1.807, 2.05) is 18.3 Å². The number of fused-ring (bicyclic) bond motifs is 1. The molecule has 0 radical (unpaired) electrons. The number of hydrogen-bond donors (Lipinski definition) is 2. The van der Waals surface area contributed by atoms with E-state index in [0.29, 0.717) is 22.3 Å². The van der Waals surface area contributed by atoms with Crippen molar-refractivity contribution in [2.45, 2.75) is 12.0 Å². The summed E-state index contributed by atoms with van der Waals surface area (Å²) in [6.07, 6.45) is 3.29. The van der Waals surface area contributed by atoms with Crippen LogP contribution in [0.2, 0.25) is 5.02 Å². The first-order chi connectivity index (χ1) is 17.9. The number of hydrogen-bond acceptors (Lipinski definition) is 8. The lowest BCUT2D eigenvalue weighted by Gasteiger charge is -2.34. The summed E-state index contributed by atoms with van der Waals surface area (Å²) in [5, 5.41) is 10.0. The van der Waals surface area contributed by atoms with E-state index < -0.39 is 23.4 Å². The summed E-state index contributed by atoms with van der Waals surface area (Å²) in [7, 11) is 1.43. The van der Waals surface area contributed by atoms with Crippen molar-refractivity contribution in [1.29, 1.82) is 0 Å². The minimum atomic E-state index is -1.95. The molecule has 1 aliphatic rings. The van der Waals surface area contributed by atoms with E-state index in [-0.39, 0.29) is 18.8 Å². The standard InChI is InChI=1S/C25H20ClN5O6/c1-35-11-10-25(22(32)28-24(34)29-23(25)33)37-18-5-3-17(4-6-18)36-19-7-8-20-15(12-19)14-31(30-20)21-9-2-16(26)13-27-21/h2-9,12-14H,10-11H2,1H3,(H2,28,29,32,33,34). The number of benzene rings is 2. The van der Waals surface area contributed by atoms with E-state index in [9.17, 15) is 14.4 Å². The molecule has 11 nitrogen and oxygen atoms in total. The van der Waals surface area contributed by atoms with E-state index in [1.165, 1.54) is 7.11 Å². The molecule has 0 spiro atoms. The lowest BCUT2D eigenvalue weighted by Crippen LogP contribution is -2.69. The van der Waals surface area contributed by atoms with Crippen molar-refractivity contribution in [3.8, 4) is 23.1 Å². The molecule has 2 aromatic carbocycles. The average molecular weight is 522 g/mol. The molecule has 5 rings (SSSR count). The summed E-state index contributed by atoms with van der Waals surface area (Å²) < 4.78 is 18.4.